The molecule has 0 saturated carbocycles. The summed E-state index contributed by atoms with van der Waals surface area (Å²) in [6.07, 6.45) is 3.18. The molecule has 0 amide bonds. The van der Waals surface area contributed by atoms with E-state index in [9.17, 15) is 10.4 Å². The van der Waals surface area contributed by atoms with Crippen molar-refractivity contribution in [3.8, 4) is 17.6 Å². The molecular formula is C22H21N7O4. The van der Waals surface area contributed by atoms with Gasteiger partial charge in [0.2, 0.25) is 0 Å². The van der Waals surface area contributed by atoms with Gasteiger partial charge in [-0.05, 0) is 12.1 Å². The van der Waals surface area contributed by atoms with Gasteiger partial charge < -0.3 is 35.4 Å². The van der Waals surface area contributed by atoms with Crippen molar-refractivity contribution in [2.24, 2.45) is 0 Å². The highest BCUT2D eigenvalue weighted by Crippen LogP contribution is 2.37. The van der Waals surface area contributed by atoms with Crippen LogP contribution in [0.4, 0.5) is 11.5 Å². The van der Waals surface area contributed by atoms with E-state index in [1.54, 1.807) is 29.0 Å². The smallest absolute Gasteiger partial charge is 0.163 e. The second-order valence-electron chi connectivity index (χ2n) is 7.70. The number of methoxy groups -OCH3 is 1. The Balaban J connectivity index is 1.35. The quantitative estimate of drug-likeness (QED) is 0.410. The zero-order chi connectivity index (χ0) is 23.1. The van der Waals surface area contributed by atoms with Crippen LogP contribution in [0.2, 0.25) is 0 Å². The summed E-state index contributed by atoms with van der Waals surface area (Å²) in [6, 6.07) is 7.21. The molecule has 3 atom stereocenters. The zero-order valence-electron chi connectivity index (χ0n) is 17.7. The number of aliphatic hydroxyl groups is 1. The minimum atomic E-state index is -0.755. The summed E-state index contributed by atoms with van der Waals surface area (Å²) in [6.45, 7) is 0.178. The van der Waals surface area contributed by atoms with Gasteiger partial charge in [-0.25, -0.2) is 9.97 Å². The molecule has 5 rings (SSSR count). The van der Waals surface area contributed by atoms with Crippen molar-refractivity contribution in [1.82, 2.24) is 19.5 Å². The molecule has 5 N–H and O–H groups in total. The Bertz CT molecular complexity index is 1400. The molecule has 0 unspecified atom stereocenters. The highest BCUT2D eigenvalue weighted by atomic mass is 16.6. The van der Waals surface area contributed by atoms with Crippen LogP contribution in [0.25, 0.3) is 21.9 Å². The van der Waals surface area contributed by atoms with Crippen LogP contribution >= 0.6 is 0 Å². The molecule has 0 radical (unpaired) electrons. The largest absolute Gasteiger partial charge is 0.493 e. The maximum absolute atomic E-state index is 10.6. The topological polar surface area (TPSA) is 167 Å². The average Bonchev–Trinajstić information content (AvgIpc) is 3.41. The van der Waals surface area contributed by atoms with Crippen LogP contribution in [-0.4, -0.2) is 50.6 Å². The lowest BCUT2D eigenvalue weighted by atomic mass is 10.1. The lowest BCUT2D eigenvalue weighted by Crippen LogP contribution is -2.20. The summed E-state index contributed by atoms with van der Waals surface area (Å²) in [5.74, 6) is 1.27. The van der Waals surface area contributed by atoms with Gasteiger partial charge in [-0.1, -0.05) is 0 Å². The molecule has 4 aromatic rings. The SMILES string of the molecule is COc1cc2c(N)c(C#N)cnc2cc1OC[C@@H]1C[C@@H](O)[C@H](n2ccc3c(N)ncnc32)O1. The lowest BCUT2D eigenvalue weighted by molar-refractivity contribution is -0.0456. The third kappa shape index (κ3) is 3.51. The van der Waals surface area contributed by atoms with E-state index in [1.807, 2.05) is 6.07 Å². The second kappa shape index (κ2) is 8.09. The summed E-state index contributed by atoms with van der Waals surface area (Å²) in [5.41, 5.74) is 13.8. The molecule has 11 heteroatoms. The number of nitrogen functional groups attached to an aromatic ring is 2. The third-order valence-electron chi connectivity index (χ3n) is 5.72. The van der Waals surface area contributed by atoms with Gasteiger partial charge in [0.1, 0.15) is 36.6 Å². The second-order valence-corrected chi connectivity index (χ2v) is 7.70. The molecule has 1 saturated heterocycles. The van der Waals surface area contributed by atoms with Crippen molar-refractivity contribution in [3.63, 3.8) is 0 Å². The van der Waals surface area contributed by atoms with E-state index in [1.165, 1.54) is 19.6 Å². The van der Waals surface area contributed by atoms with Crippen LogP contribution in [0.3, 0.4) is 0 Å². The first kappa shape index (κ1) is 20.7. The van der Waals surface area contributed by atoms with E-state index in [0.717, 1.165) is 0 Å². The van der Waals surface area contributed by atoms with Crippen molar-refractivity contribution in [1.29, 1.82) is 5.26 Å². The molecule has 1 aromatic carbocycles. The lowest BCUT2D eigenvalue weighted by Gasteiger charge is -2.18. The first-order valence-corrected chi connectivity index (χ1v) is 10.2. The van der Waals surface area contributed by atoms with E-state index in [4.69, 9.17) is 25.7 Å². The number of fused-ring (bicyclic) bond motifs is 2. The van der Waals surface area contributed by atoms with Gasteiger partial charge in [-0.15, -0.1) is 0 Å². The van der Waals surface area contributed by atoms with Crippen molar-refractivity contribution in [2.75, 3.05) is 25.2 Å². The maximum Gasteiger partial charge on any atom is 0.163 e. The number of aliphatic hydroxyl groups excluding tert-OH is 1. The van der Waals surface area contributed by atoms with Crippen molar-refractivity contribution >= 4 is 33.4 Å². The highest BCUT2D eigenvalue weighted by molar-refractivity contribution is 5.94. The minimum absolute atomic E-state index is 0.178. The Morgan fingerprint density at radius 2 is 2.09 bits per heavy atom. The number of nitriles is 1. The van der Waals surface area contributed by atoms with Gasteiger partial charge in [0.05, 0.1) is 35.4 Å². The van der Waals surface area contributed by atoms with E-state index in [-0.39, 0.29) is 12.7 Å². The normalized spacial score (nSPS) is 20.2. The van der Waals surface area contributed by atoms with Gasteiger partial charge in [0, 0.05) is 30.3 Å². The fourth-order valence-electron chi connectivity index (χ4n) is 4.05. The molecule has 0 spiro atoms. The Kier molecular flexibility index (Phi) is 5.08. The molecule has 1 fully saturated rings. The number of ether oxygens (including phenoxy) is 3. The first-order chi connectivity index (χ1) is 16.0. The van der Waals surface area contributed by atoms with Gasteiger partial charge in [-0.2, -0.15) is 5.26 Å². The average molecular weight is 447 g/mol. The fourth-order valence-corrected chi connectivity index (χ4v) is 4.05. The van der Waals surface area contributed by atoms with Crippen LogP contribution in [-0.2, 0) is 4.74 Å². The molecular weight excluding hydrogens is 426 g/mol. The molecule has 4 heterocycles. The predicted octanol–water partition coefficient (Wildman–Crippen LogP) is 1.75. The first-order valence-electron chi connectivity index (χ1n) is 10.2. The molecule has 1 aliphatic heterocycles. The van der Waals surface area contributed by atoms with Crippen LogP contribution < -0.4 is 20.9 Å². The number of aromatic nitrogens is 4. The zero-order valence-corrected chi connectivity index (χ0v) is 17.7. The number of hydrogen-bond donors (Lipinski definition) is 3. The molecule has 33 heavy (non-hydrogen) atoms. The van der Waals surface area contributed by atoms with Gasteiger partial charge in [0.25, 0.3) is 0 Å². The summed E-state index contributed by atoms with van der Waals surface area (Å²) in [5, 5.41) is 21.1. The summed E-state index contributed by atoms with van der Waals surface area (Å²) < 4.78 is 19.2. The predicted molar refractivity (Wildman–Crippen MR) is 119 cm³/mol. The number of nitrogens with zero attached hydrogens (tertiary/aromatic N) is 5. The van der Waals surface area contributed by atoms with E-state index < -0.39 is 12.3 Å². The monoisotopic (exact) mass is 447 g/mol. The van der Waals surface area contributed by atoms with Crippen molar-refractivity contribution in [2.45, 2.75) is 24.9 Å². The van der Waals surface area contributed by atoms with Crippen molar-refractivity contribution in [3.05, 3.63) is 42.5 Å². The summed E-state index contributed by atoms with van der Waals surface area (Å²) >= 11 is 0. The Morgan fingerprint density at radius 1 is 1.24 bits per heavy atom. The fraction of sp³-hybridized carbons (Fsp3) is 0.273. The van der Waals surface area contributed by atoms with E-state index >= 15 is 0 Å². The van der Waals surface area contributed by atoms with Crippen LogP contribution in [0, 0.1) is 11.3 Å². The Labute approximate surface area is 188 Å². The molecule has 168 valence electrons. The van der Waals surface area contributed by atoms with E-state index in [2.05, 4.69) is 15.0 Å². The Hall–Kier alpha value is -4.14. The molecule has 3 aromatic heterocycles. The summed E-state index contributed by atoms with van der Waals surface area (Å²) in [4.78, 5) is 12.5. The minimum Gasteiger partial charge on any atom is -0.493 e. The van der Waals surface area contributed by atoms with Crippen LogP contribution in [0.1, 0.15) is 18.2 Å². The number of nitrogens with two attached hydrogens (primary N) is 2. The highest BCUT2D eigenvalue weighted by Gasteiger charge is 2.36. The van der Waals surface area contributed by atoms with Crippen LogP contribution in [0.15, 0.2) is 36.9 Å². The van der Waals surface area contributed by atoms with Gasteiger partial charge in [0.15, 0.2) is 17.7 Å². The maximum atomic E-state index is 10.6. The Morgan fingerprint density at radius 3 is 2.88 bits per heavy atom. The summed E-state index contributed by atoms with van der Waals surface area (Å²) in [7, 11) is 1.52. The van der Waals surface area contributed by atoms with Crippen molar-refractivity contribution < 1.29 is 19.3 Å². The molecule has 0 bridgehead atoms. The number of pyridine rings is 1. The molecule has 0 aliphatic carbocycles. The number of hydrogen-bond acceptors (Lipinski definition) is 10. The molecule has 1 aliphatic rings. The number of rotatable bonds is 5. The van der Waals surface area contributed by atoms with Crippen LogP contribution in [0.5, 0.6) is 11.5 Å². The standard InChI is InChI=1S/C22H21N7O4/c1-31-17-5-14-15(26-8-11(7-23)19(14)24)6-18(17)32-9-12-4-16(30)22(33-12)29-3-2-13-20(25)27-10-28-21(13)29/h2-3,5-6,8,10,12,16,22,30H,4,9H2,1H3,(H2,24,26)(H2,25,27,28)/t12-,16+,22+/m0/s1. The number of anilines is 2. The molecule has 11 nitrogen and oxygen atoms in total. The van der Waals surface area contributed by atoms with Gasteiger partial charge >= 0.3 is 0 Å². The number of benzene rings is 1. The third-order valence-corrected chi connectivity index (χ3v) is 5.72. The van der Waals surface area contributed by atoms with Gasteiger partial charge in [-0.3, -0.25) is 4.98 Å². The van der Waals surface area contributed by atoms with E-state index in [0.29, 0.717) is 56.9 Å².